The summed E-state index contributed by atoms with van der Waals surface area (Å²) in [7, 11) is 0. The first-order chi connectivity index (χ1) is 20.4. The lowest BCUT2D eigenvalue weighted by atomic mass is 9.33. The molecule has 248 valence electrons. The van der Waals surface area contributed by atoms with Gasteiger partial charge < -0.3 is 29.9 Å². The second-order valence-electron chi connectivity index (χ2n) is 17.7. The van der Waals surface area contributed by atoms with Crippen LogP contribution in [0.2, 0.25) is 0 Å². The number of carbonyl (C=O) groups excluding carboxylic acids is 2. The van der Waals surface area contributed by atoms with Crippen molar-refractivity contribution in [2.75, 3.05) is 0 Å². The van der Waals surface area contributed by atoms with E-state index in [0.717, 1.165) is 57.8 Å². The van der Waals surface area contributed by atoms with E-state index in [1.165, 1.54) is 5.57 Å². The van der Waals surface area contributed by atoms with Crippen molar-refractivity contribution in [1.29, 1.82) is 0 Å². The first-order valence-corrected chi connectivity index (χ1v) is 17.1. The summed E-state index contributed by atoms with van der Waals surface area (Å²) in [5.74, 6) is 1.30. The molecule has 6 aliphatic rings. The fraction of sp³-hybridized carbons (Fsp3) is 0.889. The summed E-state index contributed by atoms with van der Waals surface area (Å²) in [5, 5.41) is 44.4. The normalized spacial score (nSPS) is 51.9. The van der Waals surface area contributed by atoms with Crippen LogP contribution in [0.3, 0.4) is 0 Å². The predicted octanol–water partition coefficient (Wildman–Crippen LogP) is 4.70. The monoisotopic (exact) mass is 616 g/mol. The average molecular weight is 617 g/mol. The maximum absolute atomic E-state index is 13.1. The van der Waals surface area contributed by atoms with Gasteiger partial charge in [-0.25, -0.2) is 0 Å². The molecule has 4 N–H and O–H groups in total. The van der Waals surface area contributed by atoms with E-state index in [1.807, 2.05) is 0 Å². The molecule has 6 rings (SSSR count). The number of aliphatic hydroxyl groups is 4. The number of hydrogen-bond acceptors (Lipinski definition) is 8. The Hall–Kier alpha value is -1.32. The lowest BCUT2D eigenvalue weighted by molar-refractivity contribution is -0.312. The molecule has 1 saturated heterocycles. The summed E-state index contributed by atoms with van der Waals surface area (Å²) in [6.07, 6.45) is 2.84. The number of aliphatic hydroxyl groups excluding tert-OH is 4. The lowest BCUT2D eigenvalue weighted by Gasteiger charge is -2.71. The highest BCUT2D eigenvalue weighted by Gasteiger charge is 2.69. The lowest BCUT2D eigenvalue weighted by Crippen LogP contribution is -2.68. The second kappa shape index (κ2) is 10.3. The van der Waals surface area contributed by atoms with Crippen LogP contribution in [-0.4, -0.2) is 69.5 Å². The molecule has 8 nitrogen and oxygen atoms in total. The van der Waals surface area contributed by atoms with Gasteiger partial charge in [0.05, 0.1) is 6.10 Å². The molecule has 0 bridgehead atoms. The molecule has 0 spiro atoms. The molecule has 5 fully saturated rings. The summed E-state index contributed by atoms with van der Waals surface area (Å²) in [5.41, 5.74) is 0.636. The average Bonchev–Trinajstić information content (AvgIpc) is 2.95. The van der Waals surface area contributed by atoms with Crippen LogP contribution in [0.25, 0.3) is 0 Å². The summed E-state index contributed by atoms with van der Waals surface area (Å²) < 4.78 is 10.8. The van der Waals surface area contributed by atoms with Gasteiger partial charge in [0.1, 0.15) is 30.2 Å². The number of ketones is 1. The topological polar surface area (TPSA) is 134 Å². The molecule has 1 aliphatic heterocycles. The second-order valence-corrected chi connectivity index (χ2v) is 17.7. The van der Waals surface area contributed by atoms with Crippen LogP contribution in [0.15, 0.2) is 11.6 Å². The van der Waals surface area contributed by atoms with Gasteiger partial charge in [-0.3, -0.25) is 9.59 Å². The zero-order valence-corrected chi connectivity index (χ0v) is 27.8. The van der Waals surface area contributed by atoms with Gasteiger partial charge in [0.2, 0.25) is 6.29 Å². The van der Waals surface area contributed by atoms with E-state index in [2.05, 4.69) is 54.5 Å². The van der Waals surface area contributed by atoms with Crippen molar-refractivity contribution in [2.45, 2.75) is 149 Å². The minimum atomic E-state index is -1.62. The molecule has 0 aromatic heterocycles. The molecule has 5 aliphatic carbocycles. The standard InChI is InChI=1S/C36H56O8/c1-31(2)14-16-36(29(42)28-26(40)25(39)27(41)30(44-28)43-19-37)17-15-34(6)20(21(36)18-31)8-9-23-33(5)12-11-24(38)32(3,4)22(33)10-13-35(23,34)7/h8,19,21-23,25-30,39-42H,9-18H2,1-7H3/t21?,22?,23?,25?,26-,27-,28+,29?,30?,33-,34+,35+,36-/m0/s1. The van der Waals surface area contributed by atoms with Gasteiger partial charge >= 0.3 is 0 Å². The molecular weight excluding hydrogens is 560 g/mol. The van der Waals surface area contributed by atoms with E-state index in [0.29, 0.717) is 24.0 Å². The number of hydrogen-bond donors (Lipinski definition) is 4. The van der Waals surface area contributed by atoms with Crippen LogP contribution in [0, 0.1) is 50.2 Å². The number of allylic oxidation sites excluding steroid dienone is 2. The van der Waals surface area contributed by atoms with Crippen molar-refractivity contribution in [3.05, 3.63) is 11.6 Å². The van der Waals surface area contributed by atoms with Gasteiger partial charge in [0.15, 0.2) is 0 Å². The predicted molar refractivity (Wildman–Crippen MR) is 164 cm³/mol. The first kappa shape index (κ1) is 32.6. The highest BCUT2D eigenvalue weighted by Crippen LogP contribution is 2.76. The number of ether oxygens (including phenoxy) is 2. The molecular formula is C36H56O8. The summed E-state index contributed by atoms with van der Waals surface area (Å²) in [6, 6.07) is 0. The quantitative estimate of drug-likeness (QED) is 0.264. The van der Waals surface area contributed by atoms with Crippen molar-refractivity contribution in [1.82, 2.24) is 0 Å². The van der Waals surface area contributed by atoms with Crippen molar-refractivity contribution in [3.8, 4) is 0 Å². The van der Waals surface area contributed by atoms with Crippen molar-refractivity contribution in [3.63, 3.8) is 0 Å². The minimum absolute atomic E-state index is 0.0432. The Bertz CT molecular complexity index is 1210. The number of rotatable bonds is 4. The van der Waals surface area contributed by atoms with Crippen molar-refractivity contribution in [2.24, 2.45) is 50.2 Å². The highest BCUT2D eigenvalue weighted by molar-refractivity contribution is 5.85. The molecule has 0 aromatic rings. The summed E-state index contributed by atoms with van der Waals surface area (Å²) in [4.78, 5) is 24.2. The first-order valence-electron chi connectivity index (χ1n) is 17.1. The Morgan fingerprint density at radius 1 is 0.909 bits per heavy atom. The van der Waals surface area contributed by atoms with Gasteiger partial charge in [-0.15, -0.1) is 0 Å². The molecule has 6 unspecified atom stereocenters. The smallest absolute Gasteiger partial charge is 0.295 e. The van der Waals surface area contributed by atoms with Gasteiger partial charge in [-0.1, -0.05) is 60.1 Å². The Kier molecular flexibility index (Phi) is 7.66. The van der Waals surface area contributed by atoms with Gasteiger partial charge in [0, 0.05) is 17.3 Å². The van der Waals surface area contributed by atoms with E-state index in [4.69, 9.17) is 9.47 Å². The Morgan fingerprint density at radius 2 is 1.59 bits per heavy atom. The zero-order chi connectivity index (χ0) is 32.3. The van der Waals surface area contributed by atoms with Crippen molar-refractivity contribution < 1.29 is 39.5 Å². The molecule has 4 saturated carbocycles. The minimum Gasteiger partial charge on any atom is -0.435 e. The molecule has 1 heterocycles. The fourth-order valence-corrected chi connectivity index (χ4v) is 12.2. The third-order valence-electron chi connectivity index (χ3n) is 15.1. The molecule has 0 aromatic carbocycles. The van der Waals surface area contributed by atoms with E-state index in [9.17, 15) is 30.0 Å². The van der Waals surface area contributed by atoms with Crippen LogP contribution < -0.4 is 0 Å². The Balaban J connectivity index is 1.40. The van der Waals surface area contributed by atoms with E-state index in [1.54, 1.807) is 0 Å². The van der Waals surface area contributed by atoms with Crippen LogP contribution >= 0.6 is 0 Å². The molecule has 0 amide bonds. The van der Waals surface area contributed by atoms with Crippen molar-refractivity contribution >= 4 is 12.3 Å². The molecule has 44 heavy (non-hydrogen) atoms. The maximum Gasteiger partial charge on any atom is 0.295 e. The SMILES string of the molecule is CC1(C)CC[C@]2(C(O)[C@@H]3OC(OC=O)[C@@H](O)C(O)[C@@H]3O)CC[C@]3(C)C(=CCC4[C@@]5(C)CCC(=O)C(C)(C)C5CC[C@]43C)C2C1. The highest BCUT2D eigenvalue weighted by atomic mass is 16.7. The molecule has 13 atom stereocenters. The van der Waals surface area contributed by atoms with Gasteiger partial charge in [0.25, 0.3) is 6.47 Å². The van der Waals surface area contributed by atoms with Crippen LogP contribution in [0.4, 0.5) is 0 Å². The molecule has 8 heteroatoms. The van der Waals surface area contributed by atoms with Gasteiger partial charge in [-0.05, 0) is 97.2 Å². The third-order valence-corrected chi connectivity index (χ3v) is 15.1. The van der Waals surface area contributed by atoms with E-state index >= 15 is 0 Å². The fourth-order valence-electron chi connectivity index (χ4n) is 12.2. The summed E-state index contributed by atoms with van der Waals surface area (Å²) in [6.45, 7) is 16.6. The molecule has 0 radical (unpaired) electrons. The number of Topliss-reactive ketones (excluding diaryl/α,β-unsaturated/α-hetero) is 1. The van der Waals surface area contributed by atoms with Gasteiger partial charge in [-0.2, -0.15) is 0 Å². The van der Waals surface area contributed by atoms with Crippen LogP contribution in [-0.2, 0) is 19.1 Å². The maximum atomic E-state index is 13.1. The third kappa shape index (κ3) is 4.26. The Morgan fingerprint density at radius 3 is 2.27 bits per heavy atom. The number of carbonyl (C=O) groups is 2. The zero-order valence-electron chi connectivity index (χ0n) is 27.8. The van der Waals surface area contributed by atoms with Crippen LogP contribution in [0.1, 0.15) is 113 Å². The number of fused-ring (bicyclic) bond motifs is 7. The van der Waals surface area contributed by atoms with E-state index < -0.39 is 42.2 Å². The van der Waals surface area contributed by atoms with Crippen LogP contribution in [0.5, 0.6) is 0 Å². The Labute approximate surface area is 263 Å². The largest absolute Gasteiger partial charge is 0.435 e. The summed E-state index contributed by atoms with van der Waals surface area (Å²) >= 11 is 0. The van der Waals surface area contributed by atoms with E-state index in [-0.39, 0.29) is 39.5 Å².